The third-order valence-electron chi connectivity index (χ3n) is 4.72. The average Bonchev–Trinajstić information content (AvgIpc) is 3.02. The molecular formula is C18H20N2O5S. The number of nitrogens with zero attached hydrogens (tertiary/aromatic N) is 2. The fraction of sp³-hybridized carbons (Fsp3) is 0.444. The van der Waals surface area contributed by atoms with Crippen molar-refractivity contribution < 1.29 is 19.2 Å². The molecular weight excluding hydrogens is 356 g/mol. The van der Waals surface area contributed by atoms with Gasteiger partial charge in [-0.15, -0.1) is 11.3 Å². The summed E-state index contributed by atoms with van der Waals surface area (Å²) in [7, 11) is 0. The van der Waals surface area contributed by atoms with Crippen LogP contribution in [0.15, 0.2) is 24.3 Å². The summed E-state index contributed by atoms with van der Waals surface area (Å²) < 4.78 is 5.95. The zero-order chi connectivity index (χ0) is 18.8. The van der Waals surface area contributed by atoms with Gasteiger partial charge >= 0.3 is 5.97 Å². The van der Waals surface area contributed by atoms with Crippen LogP contribution < -0.4 is 0 Å². The third-order valence-corrected chi connectivity index (χ3v) is 5.82. The molecule has 0 radical (unpaired) electrons. The van der Waals surface area contributed by atoms with Crippen LogP contribution in [0.2, 0.25) is 0 Å². The van der Waals surface area contributed by atoms with Crippen molar-refractivity contribution in [2.24, 2.45) is 0 Å². The van der Waals surface area contributed by atoms with Crippen LogP contribution >= 0.6 is 11.3 Å². The molecule has 1 aromatic heterocycles. The smallest absolute Gasteiger partial charge is 0.348 e. The Morgan fingerprint density at radius 1 is 1.27 bits per heavy atom. The summed E-state index contributed by atoms with van der Waals surface area (Å²) in [5, 5.41) is 11.5. The first-order chi connectivity index (χ1) is 12.4. The predicted molar refractivity (Wildman–Crippen MR) is 98.4 cm³/mol. The second-order valence-corrected chi connectivity index (χ2v) is 7.68. The van der Waals surface area contributed by atoms with Gasteiger partial charge in [-0.05, 0) is 45.2 Å². The summed E-state index contributed by atoms with van der Waals surface area (Å²) in [6.45, 7) is 3.73. The molecule has 0 unspecified atom stereocenters. The molecule has 26 heavy (non-hydrogen) atoms. The van der Waals surface area contributed by atoms with E-state index >= 15 is 0 Å². The van der Waals surface area contributed by atoms with E-state index in [4.69, 9.17) is 4.74 Å². The number of carbonyl (C=O) groups excluding carboxylic acids is 2. The van der Waals surface area contributed by atoms with Gasteiger partial charge < -0.3 is 9.64 Å². The Morgan fingerprint density at radius 3 is 2.62 bits per heavy atom. The Balaban J connectivity index is 1.67. The maximum absolute atomic E-state index is 12.4. The van der Waals surface area contributed by atoms with E-state index in [-0.39, 0.29) is 30.3 Å². The number of likely N-dealkylation sites (tertiary alicyclic amines) is 1. The van der Waals surface area contributed by atoms with E-state index in [9.17, 15) is 19.7 Å². The van der Waals surface area contributed by atoms with E-state index in [1.807, 2.05) is 13.8 Å². The minimum Gasteiger partial charge on any atom is -0.451 e. The number of amides is 1. The van der Waals surface area contributed by atoms with Crippen molar-refractivity contribution in [1.29, 1.82) is 0 Å². The molecule has 1 amide bonds. The largest absolute Gasteiger partial charge is 0.451 e. The van der Waals surface area contributed by atoms with E-state index in [1.165, 1.54) is 23.5 Å². The quantitative estimate of drug-likeness (QED) is 0.460. The molecule has 1 fully saturated rings. The number of fused-ring (bicyclic) bond motifs is 1. The standard InChI is InChI=1S/C18H20N2O5S/c1-11-4-3-5-12(2)19(11)17(21)10-25-18(22)16-9-13-8-14(20(23)24)6-7-15(13)26-16/h6-9,11-12H,3-5,10H2,1-2H3/t11-,12+. The lowest BCUT2D eigenvalue weighted by atomic mass is 9.97. The van der Waals surface area contributed by atoms with Gasteiger partial charge in [0.25, 0.3) is 11.6 Å². The molecule has 2 heterocycles. The van der Waals surface area contributed by atoms with Crippen molar-refractivity contribution in [3.8, 4) is 0 Å². The van der Waals surface area contributed by atoms with E-state index < -0.39 is 10.9 Å². The molecule has 7 nitrogen and oxygen atoms in total. The molecule has 2 atom stereocenters. The Kier molecular flexibility index (Phi) is 5.22. The summed E-state index contributed by atoms with van der Waals surface area (Å²) in [6.07, 6.45) is 3.01. The molecule has 1 aliphatic heterocycles. The number of rotatable bonds is 4. The summed E-state index contributed by atoms with van der Waals surface area (Å²) in [5.41, 5.74) is -0.0292. The lowest BCUT2D eigenvalue weighted by molar-refractivity contribution is -0.384. The van der Waals surface area contributed by atoms with Crippen LogP contribution in [-0.2, 0) is 9.53 Å². The number of ether oxygens (including phenoxy) is 1. The van der Waals surface area contributed by atoms with Crippen molar-refractivity contribution in [1.82, 2.24) is 4.90 Å². The third kappa shape index (κ3) is 3.70. The SMILES string of the molecule is C[C@@H]1CCC[C@H](C)N1C(=O)COC(=O)c1cc2cc([N+](=O)[O-])ccc2s1. The van der Waals surface area contributed by atoms with Crippen LogP contribution in [0.4, 0.5) is 5.69 Å². The summed E-state index contributed by atoms with van der Waals surface area (Å²) in [6, 6.07) is 6.29. The van der Waals surface area contributed by atoms with Gasteiger partial charge in [0.15, 0.2) is 6.61 Å². The van der Waals surface area contributed by atoms with Crippen molar-refractivity contribution in [3.05, 3.63) is 39.3 Å². The number of hydrogen-bond acceptors (Lipinski definition) is 6. The minimum atomic E-state index is -0.584. The van der Waals surface area contributed by atoms with E-state index in [0.717, 1.165) is 24.0 Å². The van der Waals surface area contributed by atoms with Crippen LogP contribution in [-0.4, -0.2) is 40.4 Å². The van der Waals surface area contributed by atoms with E-state index in [2.05, 4.69) is 0 Å². The van der Waals surface area contributed by atoms with Gasteiger partial charge in [0, 0.05) is 34.3 Å². The molecule has 1 aliphatic rings. The molecule has 0 bridgehead atoms. The topological polar surface area (TPSA) is 89.8 Å². The van der Waals surface area contributed by atoms with Crippen molar-refractivity contribution in [2.45, 2.75) is 45.2 Å². The molecule has 1 saturated heterocycles. The second-order valence-electron chi connectivity index (χ2n) is 6.60. The van der Waals surface area contributed by atoms with Crippen LogP contribution in [0.25, 0.3) is 10.1 Å². The molecule has 8 heteroatoms. The Hall–Kier alpha value is -2.48. The Bertz CT molecular complexity index is 852. The number of carbonyl (C=O) groups is 2. The Labute approximate surface area is 154 Å². The molecule has 0 N–H and O–H groups in total. The highest BCUT2D eigenvalue weighted by Crippen LogP contribution is 2.29. The first-order valence-corrected chi connectivity index (χ1v) is 9.34. The first-order valence-electron chi connectivity index (χ1n) is 8.53. The lowest BCUT2D eigenvalue weighted by Crippen LogP contribution is -2.49. The zero-order valence-corrected chi connectivity index (χ0v) is 15.5. The van der Waals surface area contributed by atoms with Crippen molar-refractivity contribution >= 4 is 39.0 Å². The molecule has 0 aliphatic carbocycles. The van der Waals surface area contributed by atoms with E-state index in [0.29, 0.717) is 10.3 Å². The summed E-state index contributed by atoms with van der Waals surface area (Å²) >= 11 is 1.19. The van der Waals surface area contributed by atoms with Gasteiger partial charge in [0.05, 0.1) is 4.92 Å². The summed E-state index contributed by atoms with van der Waals surface area (Å²) in [4.78, 5) is 37.2. The normalized spacial score (nSPS) is 20.2. The van der Waals surface area contributed by atoms with Crippen LogP contribution in [0.1, 0.15) is 42.8 Å². The van der Waals surface area contributed by atoms with Crippen LogP contribution in [0.3, 0.4) is 0 Å². The van der Waals surface area contributed by atoms with Crippen LogP contribution in [0.5, 0.6) is 0 Å². The monoisotopic (exact) mass is 376 g/mol. The maximum atomic E-state index is 12.4. The maximum Gasteiger partial charge on any atom is 0.348 e. The van der Waals surface area contributed by atoms with Gasteiger partial charge in [-0.2, -0.15) is 0 Å². The molecule has 138 valence electrons. The first kappa shape index (κ1) is 18.3. The number of hydrogen-bond donors (Lipinski definition) is 0. The summed E-state index contributed by atoms with van der Waals surface area (Å²) in [5.74, 6) is -0.769. The zero-order valence-electron chi connectivity index (χ0n) is 14.6. The molecule has 3 rings (SSSR count). The average molecular weight is 376 g/mol. The molecule has 1 aromatic carbocycles. The van der Waals surface area contributed by atoms with Crippen LogP contribution in [0, 0.1) is 10.1 Å². The highest BCUT2D eigenvalue weighted by atomic mass is 32.1. The van der Waals surface area contributed by atoms with Gasteiger partial charge in [-0.25, -0.2) is 4.79 Å². The van der Waals surface area contributed by atoms with E-state index in [1.54, 1.807) is 17.0 Å². The minimum absolute atomic E-state index is 0.0292. The highest BCUT2D eigenvalue weighted by Gasteiger charge is 2.29. The second kappa shape index (κ2) is 7.41. The van der Waals surface area contributed by atoms with Gasteiger partial charge in [0.1, 0.15) is 4.88 Å². The number of nitro groups is 1. The molecule has 0 saturated carbocycles. The van der Waals surface area contributed by atoms with Gasteiger partial charge in [-0.3, -0.25) is 14.9 Å². The number of piperidine rings is 1. The van der Waals surface area contributed by atoms with Crippen molar-refractivity contribution in [3.63, 3.8) is 0 Å². The number of nitro benzene ring substituents is 1. The van der Waals surface area contributed by atoms with Crippen molar-refractivity contribution in [2.75, 3.05) is 6.61 Å². The molecule has 2 aromatic rings. The number of benzene rings is 1. The number of esters is 1. The number of thiophene rings is 1. The predicted octanol–water partition coefficient (Wildman–Crippen LogP) is 3.76. The fourth-order valence-electron chi connectivity index (χ4n) is 3.43. The number of non-ortho nitro benzene ring substituents is 1. The fourth-order valence-corrected chi connectivity index (χ4v) is 4.37. The van der Waals surface area contributed by atoms with Gasteiger partial charge in [0.2, 0.25) is 0 Å². The Morgan fingerprint density at radius 2 is 1.96 bits per heavy atom. The molecule has 0 spiro atoms. The van der Waals surface area contributed by atoms with Gasteiger partial charge in [-0.1, -0.05) is 0 Å². The highest BCUT2D eigenvalue weighted by molar-refractivity contribution is 7.20. The lowest BCUT2D eigenvalue weighted by Gasteiger charge is -2.38.